The number of carbonyl (C=O) groups excluding carboxylic acids is 1. The second kappa shape index (κ2) is 11.8. The van der Waals surface area contributed by atoms with Gasteiger partial charge in [-0.05, 0) is 46.5 Å². The molecule has 0 spiro atoms. The second-order valence-corrected chi connectivity index (χ2v) is 10.3. The molecule has 6 nitrogen and oxygen atoms in total. The lowest BCUT2D eigenvalue weighted by atomic mass is 9.88. The summed E-state index contributed by atoms with van der Waals surface area (Å²) in [4.78, 5) is 18.1. The maximum Gasteiger partial charge on any atom is 0.231 e. The molecule has 1 unspecified atom stereocenters. The van der Waals surface area contributed by atoms with Gasteiger partial charge >= 0.3 is 0 Å². The number of benzene rings is 4. The summed E-state index contributed by atoms with van der Waals surface area (Å²) in [5, 5.41) is 0. The Morgan fingerprint density at radius 2 is 1.32 bits per heavy atom. The van der Waals surface area contributed by atoms with Gasteiger partial charge in [-0.15, -0.1) is 0 Å². The van der Waals surface area contributed by atoms with Gasteiger partial charge < -0.3 is 19.1 Å². The number of rotatable bonds is 8. The summed E-state index contributed by atoms with van der Waals surface area (Å²) in [6, 6.07) is 35.2. The van der Waals surface area contributed by atoms with Gasteiger partial charge in [0.2, 0.25) is 12.7 Å². The minimum Gasteiger partial charge on any atom is -0.497 e. The molecule has 2 heterocycles. The summed E-state index contributed by atoms with van der Waals surface area (Å²) >= 11 is 0. The Morgan fingerprint density at radius 1 is 0.725 bits per heavy atom. The van der Waals surface area contributed by atoms with Crippen LogP contribution in [0.2, 0.25) is 0 Å². The van der Waals surface area contributed by atoms with Crippen molar-refractivity contribution in [2.45, 2.75) is 18.4 Å². The van der Waals surface area contributed by atoms with Gasteiger partial charge in [0, 0.05) is 38.5 Å². The lowest BCUT2D eigenvalue weighted by molar-refractivity contribution is -0.133. The fourth-order valence-corrected chi connectivity index (χ4v) is 5.82. The van der Waals surface area contributed by atoms with Gasteiger partial charge in [-0.3, -0.25) is 9.69 Å². The van der Waals surface area contributed by atoms with Crippen molar-refractivity contribution in [1.82, 2.24) is 9.80 Å². The number of methoxy groups -OCH3 is 1. The summed E-state index contributed by atoms with van der Waals surface area (Å²) in [7, 11) is 1.68. The minimum absolute atomic E-state index is 0.0269. The van der Waals surface area contributed by atoms with Crippen molar-refractivity contribution in [3.63, 3.8) is 0 Å². The molecule has 2 aliphatic rings. The van der Waals surface area contributed by atoms with Gasteiger partial charge in [-0.25, -0.2) is 0 Å². The summed E-state index contributed by atoms with van der Waals surface area (Å²) < 4.78 is 16.7. The van der Waals surface area contributed by atoms with Crippen LogP contribution in [0.1, 0.15) is 40.6 Å². The highest BCUT2D eigenvalue weighted by atomic mass is 16.7. The molecule has 0 aromatic heterocycles. The van der Waals surface area contributed by atoms with Crippen molar-refractivity contribution in [2.75, 3.05) is 40.1 Å². The molecule has 1 saturated heterocycles. The average Bonchev–Trinajstić information content (AvgIpc) is 3.50. The zero-order valence-electron chi connectivity index (χ0n) is 22.7. The summed E-state index contributed by atoms with van der Waals surface area (Å²) in [6.07, 6.45) is 0.456. The number of hydrogen-bond acceptors (Lipinski definition) is 5. The number of ether oxygens (including phenoxy) is 3. The normalized spacial score (nSPS) is 15.7. The Morgan fingerprint density at radius 3 is 1.95 bits per heavy atom. The zero-order valence-corrected chi connectivity index (χ0v) is 22.7. The van der Waals surface area contributed by atoms with Gasteiger partial charge in [0.05, 0.1) is 13.2 Å². The molecule has 4 aromatic rings. The largest absolute Gasteiger partial charge is 0.497 e. The molecule has 0 radical (unpaired) electrons. The van der Waals surface area contributed by atoms with Crippen LogP contribution in [0, 0.1) is 0 Å². The molecule has 0 N–H and O–H groups in total. The van der Waals surface area contributed by atoms with Gasteiger partial charge in [0.25, 0.3) is 0 Å². The topological polar surface area (TPSA) is 51.2 Å². The molecule has 0 aliphatic carbocycles. The van der Waals surface area contributed by atoms with Gasteiger partial charge in [-0.2, -0.15) is 0 Å². The predicted molar refractivity (Wildman–Crippen MR) is 155 cm³/mol. The first-order chi connectivity index (χ1) is 19.7. The predicted octanol–water partition coefficient (Wildman–Crippen LogP) is 5.88. The number of fused-ring (bicyclic) bond motifs is 1. The van der Waals surface area contributed by atoms with E-state index < -0.39 is 0 Å². The Bertz CT molecular complexity index is 1380. The monoisotopic (exact) mass is 534 g/mol. The lowest BCUT2D eigenvalue weighted by Crippen LogP contribution is -2.50. The third-order valence-corrected chi connectivity index (χ3v) is 7.96. The molecular formula is C34H34N2O4. The summed E-state index contributed by atoms with van der Waals surface area (Å²) in [5.74, 6) is 2.61. The molecule has 1 atom stereocenters. The van der Waals surface area contributed by atoms with Crippen molar-refractivity contribution in [3.8, 4) is 17.2 Å². The fraction of sp³-hybridized carbons (Fsp3) is 0.265. The molecule has 4 aromatic carbocycles. The van der Waals surface area contributed by atoms with E-state index in [1.807, 2.05) is 59.5 Å². The maximum atomic E-state index is 13.6. The molecule has 0 bridgehead atoms. The zero-order chi connectivity index (χ0) is 27.3. The quantitative estimate of drug-likeness (QED) is 0.283. The van der Waals surface area contributed by atoms with Crippen molar-refractivity contribution in [1.29, 1.82) is 0 Å². The average molecular weight is 535 g/mol. The molecule has 6 rings (SSSR count). The first-order valence-electron chi connectivity index (χ1n) is 13.8. The number of carbonyl (C=O) groups is 1. The van der Waals surface area contributed by atoms with Crippen molar-refractivity contribution >= 4 is 5.91 Å². The van der Waals surface area contributed by atoms with E-state index in [2.05, 4.69) is 53.4 Å². The molecular weight excluding hydrogens is 500 g/mol. The first-order valence-corrected chi connectivity index (χ1v) is 13.8. The van der Waals surface area contributed by atoms with Crippen LogP contribution in [-0.4, -0.2) is 55.8 Å². The van der Waals surface area contributed by atoms with E-state index in [-0.39, 0.29) is 24.7 Å². The van der Waals surface area contributed by atoms with Crippen LogP contribution in [0.25, 0.3) is 0 Å². The number of piperazine rings is 1. The van der Waals surface area contributed by atoms with Crippen LogP contribution in [-0.2, 0) is 4.79 Å². The Balaban J connectivity index is 1.19. The SMILES string of the molecule is COc1ccc(C(c2ccc3c(c2)OCO3)N2CCN(C(=O)CC(c3ccccc3)c3ccccc3)CC2)cc1. The Hall–Kier alpha value is -4.29. The maximum absolute atomic E-state index is 13.6. The fourth-order valence-electron chi connectivity index (χ4n) is 5.82. The Kier molecular flexibility index (Phi) is 7.69. The summed E-state index contributed by atoms with van der Waals surface area (Å²) in [6.45, 7) is 3.18. The number of hydrogen-bond donors (Lipinski definition) is 0. The highest BCUT2D eigenvalue weighted by Crippen LogP contribution is 2.38. The highest BCUT2D eigenvalue weighted by molar-refractivity contribution is 5.78. The molecule has 204 valence electrons. The van der Waals surface area contributed by atoms with Crippen LogP contribution < -0.4 is 14.2 Å². The molecule has 1 fully saturated rings. The van der Waals surface area contributed by atoms with E-state index in [9.17, 15) is 4.79 Å². The molecule has 1 amide bonds. The lowest BCUT2D eigenvalue weighted by Gasteiger charge is -2.40. The minimum atomic E-state index is 0.0269. The number of amides is 1. The van der Waals surface area contributed by atoms with Gasteiger partial charge in [0.15, 0.2) is 11.5 Å². The van der Waals surface area contributed by atoms with Gasteiger partial charge in [0.1, 0.15) is 5.75 Å². The first kappa shape index (κ1) is 26.0. The van der Waals surface area contributed by atoms with Crippen molar-refractivity contribution in [3.05, 3.63) is 125 Å². The van der Waals surface area contributed by atoms with Crippen molar-refractivity contribution in [2.24, 2.45) is 0 Å². The van der Waals surface area contributed by atoms with Gasteiger partial charge in [-0.1, -0.05) is 78.9 Å². The molecule has 2 aliphatic heterocycles. The van der Waals surface area contributed by atoms with Crippen LogP contribution in [0.15, 0.2) is 103 Å². The standard InChI is InChI=1S/C34H34N2O4/c1-38-29-15-12-27(13-16-29)34(28-14-17-31-32(22-28)40-24-39-31)36-20-18-35(19-21-36)33(37)23-30(25-8-4-2-5-9-25)26-10-6-3-7-11-26/h2-17,22,30,34H,18-21,23-24H2,1H3. The second-order valence-electron chi connectivity index (χ2n) is 10.3. The van der Waals surface area contributed by atoms with Crippen molar-refractivity contribution < 1.29 is 19.0 Å². The third-order valence-electron chi connectivity index (χ3n) is 7.96. The Labute approximate surface area is 235 Å². The highest BCUT2D eigenvalue weighted by Gasteiger charge is 2.30. The van der Waals surface area contributed by atoms with Crippen LogP contribution in [0.3, 0.4) is 0 Å². The van der Waals surface area contributed by atoms with E-state index in [4.69, 9.17) is 14.2 Å². The van der Waals surface area contributed by atoms with E-state index in [1.165, 1.54) is 16.7 Å². The van der Waals surface area contributed by atoms with Crippen LogP contribution >= 0.6 is 0 Å². The molecule has 40 heavy (non-hydrogen) atoms. The smallest absolute Gasteiger partial charge is 0.231 e. The number of nitrogens with zero attached hydrogens (tertiary/aromatic N) is 2. The third kappa shape index (κ3) is 5.54. The summed E-state index contributed by atoms with van der Waals surface area (Å²) in [5.41, 5.74) is 4.65. The molecule has 6 heteroatoms. The van der Waals surface area contributed by atoms with E-state index in [0.29, 0.717) is 19.5 Å². The van der Waals surface area contributed by atoms with E-state index in [1.54, 1.807) is 7.11 Å². The van der Waals surface area contributed by atoms with Crippen LogP contribution in [0.4, 0.5) is 0 Å². The molecule has 0 saturated carbocycles. The van der Waals surface area contributed by atoms with E-state index >= 15 is 0 Å². The van der Waals surface area contributed by atoms with Crippen LogP contribution in [0.5, 0.6) is 17.2 Å². The van der Waals surface area contributed by atoms with E-state index in [0.717, 1.165) is 35.9 Å².